The van der Waals surface area contributed by atoms with Gasteiger partial charge in [0.25, 0.3) is 0 Å². The Kier molecular flexibility index (Phi) is 6.32. The highest BCUT2D eigenvalue weighted by atomic mass is 19.1. The van der Waals surface area contributed by atoms with Gasteiger partial charge in [0, 0.05) is 55.8 Å². The molecule has 12 heteroatoms. The summed E-state index contributed by atoms with van der Waals surface area (Å²) < 4.78 is 52.1. The lowest BCUT2D eigenvalue weighted by Gasteiger charge is -2.34. The first-order valence-corrected chi connectivity index (χ1v) is 15.0. The first-order chi connectivity index (χ1) is 21.3. The molecule has 4 fully saturated rings. The number of nitrogens with zero attached hydrogens (tertiary/aromatic N) is 5. The summed E-state index contributed by atoms with van der Waals surface area (Å²) in [5.41, 5.74) is -1.38. The third kappa shape index (κ3) is 4.32. The van der Waals surface area contributed by atoms with Crippen molar-refractivity contribution < 1.29 is 17.9 Å². The van der Waals surface area contributed by atoms with Crippen molar-refractivity contribution in [3.63, 3.8) is 0 Å². The van der Waals surface area contributed by atoms with Crippen LogP contribution in [0.15, 0.2) is 29.2 Å². The molecule has 0 spiro atoms. The van der Waals surface area contributed by atoms with Gasteiger partial charge in [-0.15, -0.1) is 6.42 Å². The maximum Gasteiger partial charge on any atom is 0.319 e. The van der Waals surface area contributed by atoms with Crippen molar-refractivity contribution in [2.24, 2.45) is 0 Å². The summed E-state index contributed by atoms with van der Waals surface area (Å²) in [6.45, 7) is 2.72. The topological polar surface area (TPSA) is 99.3 Å². The second-order valence-electron chi connectivity index (χ2n) is 12.5. The smallest absolute Gasteiger partial charge is 0.319 e. The Morgan fingerprint density at radius 1 is 1.16 bits per heavy atom. The molecule has 0 amide bonds. The van der Waals surface area contributed by atoms with Crippen LogP contribution in [0.4, 0.5) is 19.0 Å². The fourth-order valence-corrected chi connectivity index (χ4v) is 7.78. The minimum atomic E-state index is -0.921. The van der Waals surface area contributed by atoms with E-state index in [2.05, 4.69) is 36.0 Å². The Bertz CT molecular complexity index is 1910. The van der Waals surface area contributed by atoms with Crippen LogP contribution in [0.25, 0.3) is 33.1 Å². The molecule has 8 rings (SSSR count). The van der Waals surface area contributed by atoms with E-state index in [4.69, 9.17) is 16.1 Å². The number of nitrogens with one attached hydrogen (secondary N) is 2. The predicted octanol–water partition coefficient (Wildman–Crippen LogP) is 3.69. The summed E-state index contributed by atoms with van der Waals surface area (Å²) in [4.78, 5) is 33.2. The highest BCUT2D eigenvalue weighted by Crippen LogP contribution is 2.41. The molecule has 7 heterocycles. The van der Waals surface area contributed by atoms with Crippen LogP contribution in [0, 0.1) is 24.0 Å². The Labute approximate surface area is 250 Å². The first kappa shape index (κ1) is 27.3. The number of ether oxygens (including phenoxy) is 1. The van der Waals surface area contributed by atoms with Crippen LogP contribution in [0.2, 0.25) is 0 Å². The van der Waals surface area contributed by atoms with Gasteiger partial charge in [-0.3, -0.25) is 14.7 Å². The second-order valence-corrected chi connectivity index (χ2v) is 12.5. The van der Waals surface area contributed by atoms with E-state index in [-0.39, 0.29) is 52.6 Å². The SMILES string of the molecule is C#Cc1c(F)ccc2cc(=O)[nH]c(-c3ncc4c(N5CC6CCC(C5)N6)nc(OC[C@@]56CCCN5C[C@H](F)C6)nc4c3F)c12. The van der Waals surface area contributed by atoms with Crippen LogP contribution in [0.1, 0.15) is 37.7 Å². The monoisotopic (exact) mass is 601 g/mol. The van der Waals surface area contributed by atoms with Crippen LogP contribution in [0.3, 0.4) is 0 Å². The maximum absolute atomic E-state index is 16.7. The Hall–Kier alpha value is -4.21. The van der Waals surface area contributed by atoms with Crippen LogP contribution in [-0.4, -0.2) is 81.4 Å². The third-order valence-electron chi connectivity index (χ3n) is 9.74. The molecule has 226 valence electrons. The van der Waals surface area contributed by atoms with Gasteiger partial charge in [0.15, 0.2) is 5.82 Å². The number of terminal acetylenes is 1. The number of H-pyrrole nitrogens is 1. The normalized spacial score (nSPS) is 26.4. The zero-order chi connectivity index (χ0) is 30.2. The molecule has 2 unspecified atom stereocenters. The van der Waals surface area contributed by atoms with Crippen molar-refractivity contribution in [3.05, 3.63) is 51.9 Å². The average Bonchev–Trinajstić information content (AvgIpc) is 3.66. The summed E-state index contributed by atoms with van der Waals surface area (Å²) in [7, 11) is 0. The number of hydrogen-bond donors (Lipinski definition) is 2. The summed E-state index contributed by atoms with van der Waals surface area (Å²) in [5, 5.41) is 4.50. The van der Waals surface area contributed by atoms with Crippen LogP contribution in [0.5, 0.6) is 6.01 Å². The van der Waals surface area contributed by atoms with Gasteiger partial charge in [-0.05, 0) is 43.7 Å². The van der Waals surface area contributed by atoms with Crippen LogP contribution >= 0.6 is 0 Å². The van der Waals surface area contributed by atoms with E-state index in [1.807, 2.05) is 0 Å². The molecule has 4 atom stereocenters. The van der Waals surface area contributed by atoms with Crippen LogP contribution in [-0.2, 0) is 0 Å². The second kappa shape index (κ2) is 10.2. The van der Waals surface area contributed by atoms with Gasteiger partial charge < -0.3 is 19.9 Å². The standard InChI is InChI=1S/C32H30F3N7O2/c1-2-21-23(34)7-4-17-10-24(43)38-28(25(17)21)29-26(35)27-22(12-36-29)30(41-14-19-5-6-20(15-41)37-19)40-31(39-27)44-16-32-8-3-9-42(32)13-18(33)11-32/h1,4,7,10,12,18-20,37H,3,5-6,8-9,11,13-16H2,(H,38,43)/t18-,19?,20?,32+/m1/s1. The van der Waals surface area contributed by atoms with Crippen molar-refractivity contribution in [3.8, 4) is 29.7 Å². The molecular formula is C32H30F3N7O2. The maximum atomic E-state index is 16.7. The lowest BCUT2D eigenvalue weighted by Crippen LogP contribution is -2.51. The lowest BCUT2D eigenvalue weighted by atomic mass is 9.95. The van der Waals surface area contributed by atoms with Gasteiger partial charge in [0.2, 0.25) is 5.56 Å². The van der Waals surface area contributed by atoms with E-state index < -0.39 is 28.9 Å². The zero-order valence-corrected chi connectivity index (χ0v) is 23.9. The zero-order valence-electron chi connectivity index (χ0n) is 23.9. The highest BCUT2D eigenvalue weighted by Gasteiger charge is 2.49. The Balaban J connectivity index is 1.28. The first-order valence-electron chi connectivity index (χ1n) is 15.0. The van der Waals surface area contributed by atoms with Gasteiger partial charge in [-0.2, -0.15) is 9.97 Å². The highest BCUT2D eigenvalue weighted by molar-refractivity contribution is 6.00. The molecule has 4 saturated heterocycles. The number of alkyl halides is 1. The number of halogens is 3. The van der Waals surface area contributed by atoms with Gasteiger partial charge in [0.05, 0.1) is 22.2 Å². The summed E-state index contributed by atoms with van der Waals surface area (Å²) in [6, 6.07) is 4.42. The lowest BCUT2D eigenvalue weighted by molar-refractivity contribution is 0.107. The number of rotatable bonds is 5. The number of anilines is 1. The molecule has 4 aliphatic heterocycles. The number of piperazine rings is 1. The molecule has 0 radical (unpaired) electrons. The molecule has 0 aliphatic carbocycles. The Morgan fingerprint density at radius 3 is 2.77 bits per heavy atom. The molecule has 4 aliphatic rings. The predicted molar refractivity (Wildman–Crippen MR) is 159 cm³/mol. The fraction of sp³-hybridized carbons (Fsp3) is 0.438. The van der Waals surface area contributed by atoms with E-state index in [1.54, 1.807) is 0 Å². The number of pyridine rings is 2. The fourth-order valence-electron chi connectivity index (χ4n) is 7.78. The molecular weight excluding hydrogens is 571 g/mol. The Morgan fingerprint density at radius 2 is 1.98 bits per heavy atom. The number of aromatic nitrogens is 4. The molecule has 2 bridgehead atoms. The van der Waals surface area contributed by atoms with E-state index in [9.17, 15) is 13.6 Å². The van der Waals surface area contributed by atoms with Gasteiger partial charge >= 0.3 is 6.01 Å². The van der Waals surface area contributed by atoms with Crippen molar-refractivity contribution in [2.75, 3.05) is 37.7 Å². The number of aromatic amines is 1. The van der Waals surface area contributed by atoms with Crippen molar-refractivity contribution in [1.29, 1.82) is 0 Å². The summed E-state index contributed by atoms with van der Waals surface area (Å²) >= 11 is 0. The van der Waals surface area contributed by atoms with Crippen molar-refractivity contribution in [2.45, 2.75) is 55.9 Å². The average molecular weight is 602 g/mol. The van der Waals surface area contributed by atoms with E-state index in [0.29, 0.717) is 42.6 Å². The quantitative estimate of drug-likeness (QED) is 0.335. The molecule has 2 N–H and O–H groups in total. The molecule has 4 aromatic rings. The van der Waals surface area contributed by atoms with Gasteiger partial charge in [-0.25, -0.2) is 13.2 Å². The van der Waals surface area contributed by atoms with E-state index in [0.717, 1.165) is 32.2 Å². The minimum absolute atomic E-state index is 0.0141. The third-order valence-corrected chi connectivity index (χ3v) is 9.74. The number of benzene rings is 1. The molecule has 44 heavy (non-hydrogen) atoms. The van der Waals surface area contributed by atoms with E-state index >= 15 is 4.39 Å². The van der Waals surface area contributed by atoms with Crippen molar-refractivity contribution in [1.82, 2.24) is 30.2 Å². The summed E-state index contributed by atoms with van der Waals surface area (Å²) in [5.74, 6) is 1.33. The van der Waals surface area contributed by atoms with E-state index in [1.165, 1.54) is 24.4 Å². The van der Waals surface area contributed by atoms with Gasteiger partial charge in [-0.1, -0.05) is 12.0 Å². The van der Waals surface area contributed by atoms with Gasteiger partial charge in [0.1, 0.15) is 35.6 Å². The number of fused-ring (bicyclic) bond motifs is 5. The number of hydrogen-bond acceptors (Lipinski definition) is 8. The molecule has 3 aromatic heterocycles. The van der Waals surface area contributed by atoms with Crippen molar-refractivity contribution >= 4 is 27.5 Å². The molecule has 0 saturated carbocycles. The summed E-state index contributed by atoms with van der Waals surface area (Å²) in [6.07, 6.45) is 10.4. The largest absolute Gasteiger partial charge is 0.461 e. The minimum Gasteiger partial charge on any atom is -0.461 e. The van der Waals surface area contributed by atoms with Crippen LogP contribution < -0.4 is 20.5 Å². The molecule has 1 aromatic carbocycles. The molecule has 9 nitrogen and oxygen atoms in total.